The monoisotopic (exact) mass is 252 g/mol. The number of benzene rings is 2. The van der Waals surface area contributed by atoms with Crippen LogP contribution in [-0.4, -0.2) is 0 Å². The molecule has 0 nitrogen and oxygen atoms in total. The molecule has 0 saturated heterocycles. The van der Waals surface area contributed by atoms with Gasteiger partial charge in [0.05, 0.1) is 0 Å². The van der Waals surface area contributed by atoms with Gasteiger partial charge in [-0.05, 0) is 54.4 Å². The predicted molar refractivity (Wildman–Crippen MR) is 83.5 cm³/mol. The molecule has 1 aliphatic rings. The van der Waals surface area contributed by atoms with E-state index in [2.05, 4.69) is 50.2 Å². The quantitative estimate of drug-likeness (QED) is 0.660. The first-order valence-corrected chi connectivity index (χ1v) is 7.70. The van der Waals surface area contributed by atoms with Crippen molar-refractivity contribution in [2.45, 2.75) is 46.0 Å². The zero-order chi connectivity index (χ0) is 13.2. The van der Waals surface area contributed by atoms with Crippen molar-refractivity contribution < 1.29 is 0 Å². The normalized spacial score (nSPS) is 23.7. The topological polar surface area (TPSA) is 0 Å². The minimum atomic E-state index is 0.916. The van der Waals surface area contributed by atoms with Crippen molar-refractivity contribution in [3.05, 3.63) is 47.5 Å². The minimum absolute atomic E-state index is 0.916. The lowest BCUT2D eigenvalue weighted by Crippen LogP contribution is -2.14. The summed E-state index contributed by atoms with van der Waals surface area (Å²) in [6.45, 7) is 4.56. The van der Waals surface area contributed by atoms with Crippen molar-refractivity contribution >= 4 is 10.8 Å². The molecule has 0 radical (unpaired) electrons. The van der Waals surface area contributed by atoms with Crippen LogP contribution in [0.15, 0.2) is 36.4 Å². The molecule has 0 atom stereocenters. The lowest BCUT2D eigenvalue weighted by atomic mass is 9.80. The fourth-order valence-corrected chi connectivity index (χ4v) is 3.41. The third-order valence-electron chi connectivity index (χ3n) is 4.72. The Morgan fingerprint density at radius 1 is 0.895 bits per heavy atom. The minimum Gasteiger partial charge on any atom is -0.0625 e. The van der Waals surface area contributed by atoms with Crippen LogP contribution in [0.1, 0.15) is 43.7 Å². The van der Waals surface area contributed by atoms with Gasteiger partial charge in [0.25, 0.3) is 0 Å². The number of fused-ring (bicyclic) bond motifs is 1. The SMILES string of the molecule is Cc1ccc2cc(CC3CCC(C)CC3)ccc2c1. The van der Waals surface area contributed by atoms with E-state index in [0.717, 1.165) is 11.8 Å². The third kappa shape index (κ3) is 3.00. The molecule has 0 aliphatic heterocycles. The van der Waals surface area contributed by atoms with Gasteiger partial charge in [0.2, 0.25) is 0 Å². The second-order valence-corrected chi connectivity index (χ2v) is 6.51. The standard InChI is InChI=1S/C19H24/c1-14-3-6-16(7-4-14)12-17-8-10-18-11-15(2)5-9-19(18)13-17/h5,8-11,13-14,16H,3-4,6-7,12H2,1-2H3. The van der Waals surface area contributed by atoms with E-state index >= 15 is 0 Å². The van der Waals surface area contributed by atoms with Gasteiger partial charge in [-0.15, -0.1) is 0 Å². The molecule has 1 fully saturated rings. The number of aryl methyl sites for hydroxylation is 1. The van der Waals surface area contributed by atoms with Crippen LogP contribution in [-0.2, 0) is 6.42 Å². The van der Waals surface area contributed by atoms with Crippen LogP contribution in [0, 0.1) is 18.8 Å². The van der Waals surface area contributed by atoms with Crippen molar-refractivity contribution in [1.29, 1.82) is 0 Å². The van der Waals surface area contributed by atoms with Gasteiger partial charge in [-0.25, -0.2) is 0 Å². The molecule has 3 rings (SSSR count). The van der Waals surface area contributed by atoms with E-state index in [1.165, 1.54) is 54.0 Å². The van der Waals surface area contributed by atoms with Crippen LogP contribution in [0.2, 0.25) is 0 Å². The lowest BCUT2D eigenvalue weighted by molar-refractivity contribution is 0.289. The molecule has 2 aromatic rings. The summed E-state index contributed by atoms with van der Waals surface area (Å²) in [6, 6.07) is 13.8. The van der Waals surface area contributed by atoms with Crippen molar-refractivity contribution in [2.75, 3.05) is 0 Å². The molecular formula is C19H24. The zero-order valence-electron chi connectivity index (χ0n) is 12.2. The zero-order valence-corrected chi connectivity index (χ0v) is 12.2. The molecule has 0 amide bonds. The second-order valence-electron chi connectivity index (χ2n) is 6.51. The Balaban J connectivity index is 1.76. The van der Waals surface area contributed by atoms with Gasteiger partial charge in [-0.3, -0.25) is 0 Å². The van der Waals surface area contributed by atoms with Crippen LogP contribution in [0.25, 0.3) is 10.8 Å². The summed E-state index contributed by atoms with van der Waals surface area (Å²) in [6.07, 6.45) is 6.98. The van der Waals surface area contributed by atoms with Crippen LogP contribution >= 0.6 is 0 Å². The molecule has 0 aromatic heterocycles. The Hall–Kier alpha value is -1.30. The molecule has 0 heteroatoms. The smallest absolute Gasteiger partial charge is 0.0181 e. The fraction of sp³-hybridized carbons (Fsp3) is 0.474. The van der Waals surface area contributed by atoms with Crippen molar-refractivity contribution in [1.82, 2.24) is 0 Å². The highest BCUT2D eigenvalue weighted by atomic mass is 14.2. The molecule has 0 unspecified atom stereocenters. The highest BCUT2D eigenvalue weighted by Gasteiger charge is 2.18. The molecule has 19 heavy (non-hydrogen) atoms. The van der Waals surface area contributed by atoms with Crippen molar-refractivity contribution in [2.24, 2.45) is 11.8 Å². The molecular weight excluding hydrogens is 228 g/mol. The maximum absolute atomic E-state index is 2.40. The van der Waals surface area contributed by atoms with E-state index in [1.807, 2.05) is 0 Å². The molecule has 1 saturated carbocycles. The first-order chi connectivity index (χ1) is 9.20. The first kappa shape index (κ1) is 12.7. The number of hydrogen-bond acceptors (Lipinski definition) is 0. The molecule has 2 aromatic carbocycles. The van der Waals surface area contributed by atoms with Crippen LogP contribution in [0.3, 0.4) is 0 Å². The summed E-state index contributed by atoms with van der Waals surface area (Å²) in [5.41, 5.74) is 2.87. The summed E-state index contributed by atoms with van der Waals surface area (Å²) in [4.78, 5) is 0. The van der Waals surface area contributed by atoms with Gasteiger partial charge in [0.15, 0.2) is 0 Å². The van der Waals surface area contributed by atoms with Crippen LogP contribution in [0.4, 0.5) is 0 Å². The summed E-state index contributed by atoms with van der Waals surface area (Å²) in [7, 11) is 0. The van der Waals surface area contributed by atoms with E-state index in [4.69, 9.17) is 0 Å². The Bertz CT molecular complexity index is 559. The maximum atomic E-state index is 2.40. The molecule has 0 bridgehead atoms. The second kappa shape index (κ2) is 5.36. The van der Waals surface area contributed by atoms with Crippen LogP contribution < -0.4 is 0 Å². The fourth-order valence-electron chi connectivity index (χ4n) is 3.41. The van der Waals surface area contributed by atoms with E-state index in [0.29, 0.717) is 0 Å². The van der Waals surface area contributed by atoms with Gasteiger partial charge in [-0.2, -0.15) is 0 Å². The summed E-state index contributed by atoms with van der Waals surface area (Å²) >= 11 is 0. The first-order valence-electron chi connectivity index (χ1n) is 7.70. The van der Waals surface area contributed by atoms with Crippen molar-refractivity contribution in [3.63, 3.8) is 0 Å². The average Bonchev–Trinajstić information content (AvgIpc) is 2.42. The van der Waals surface area contributed by atoms with E-state index in [-0.39, 0.29) is 0 Å². The van der Waals surface area contributed by atoms with Crippen molar-refractivity contribution in [3.8, 4) is 0 Å². The van der Waals surface area contributed by atoms with Gasteiger partial charge in [-0.1, -0.05) is 61.7 Å². The Kier molecular flexibility index (Phi) is 3.59. The van der Waals surface area contributed by atoms with Crippen LogP contribution in [0.5, 0.6) is 0 Å². The summed E-state index contributed by atoms with van der Waals surface area (Å²) in [5.74, 6) is 1.87. The third-order valence-corrected chi connectivity index (χ3v) is 4.72. The Labute approximate surface area is 116 Å². The van der Waals surface area contributed by atoms with E-state index < -0.39 is 0 Å². The number of hydrogen-bond donors (Lipinski definition) is 0. The van der Waals surface area contributed by atoms with E-state index in [9.17, 15) is 0 Å². The summed E-state index contributed by atoms with van der Waals surface area (Å²) < 4.78 is 0. The predicted octanol–water partition coefficient (Wildman–Crippen LogP) is 5.52. The highest BCUT2D eigenvalue weighted by molar-refractivity contribution is 5.83. The largest absolute Gasteiger partial charge is 0.0625 e. The molecule has 0 spiro atoms. The summed E-state index contributed by atoms with van der Waals surface area (Å²) in [5, 5.41) is 2.77. The molecule has 0 heterocycles. The molecule has 0 N–H and O–H groups in total. The highest BCUT2D eigenvalue weighted by Crippen LogP contribution is 2.31. The van der Waals surface area contributed by atoms with Gasteiger partial charge in [0.1, 0.15) is 0 Å². The molecule has 100 valence electrons. The van der Waals surface area contributed by atoms with Gasteiger partial charge >= 0.3 is 0 Å². The average molecular weight is 252 g/mol. The Morgan fingerprint density at radius 2 is 1.58 bits per heavy atom. The maximum Gasteiger partial charge on any atom is -0.0181 e. The van der Waals surface area contributed by atoms with Gasteiger partial charge < -0.3 is 0 Å². The van der Waals surface area contributed by atoms with Gasteiger partial charge in [0, 0.05) is 0 Å². The Morgan fingerprint density at radius 3 is 2.37 bits per heavy atom. The number of rotatable bonds is 2. The molecule has 1 aliphatic carbocycles. The lowest BCUT2D eigenvalue weighted by Gasteiger charge is -2.26. The van der Waals surface area contributed by atoms with E-state index in [1.54, 1.807) is 0 Å².